The Kier molecular flexibility index (Phi) is 7.43. The van der Waals surface area contributed by atoms with Gasteiger partial charge in [0.15, 0.2) is 12.3 Å². The molecule has 1 amide bonds. The average molecular weight is 521 g/mol. The molecule has 4 N–H and O–H groups in total. The highest BCUT2D eigenvalue weighted by molar-refractivity contribution is 6.34. The second-order valence-corrected chi connectivity index (χ2v) is 9.53. The van der Waals surface area contributed by atoms with Crippen molar-refractivity contribution < 1.29 is 14.6 Å². The van der Waals surface area contributed by atoms with E-state index in [-0.39, 0.29) is 18.6 Å². The number of carbonyl (C=O) groups excluding carboxylic acids is 1. The quantitative estimate of drug-likeness (QED) is 0.275. The normalized spacial score (nSPS) is 14.5. The Morgan fingerprint density at radius 2 is 2.03 bits per heavy atom. The largest absolute Gasteiger partial charge is 0.508 e. The van der Waals surface area contributed by atoms with E-state index < -0.39 is 0 Å². The summed E-state index contributed by atoms with van der Waals surface area (Å²) < 4.78 is 5.57. The molecular formula is C27H29ClN6O3. The van der Waals surface area contributed by atoms with E-state index in [9.17, 15) is 9.90 Å². The topological polar surface area (TPSA) is 115 Å². The number of phenols is 1. The summed E-state index contributed by atoms with van der Waals surface area (Å²) in [6, 6.07) is 15.1. The first kappa shape index (κ1) is 24.9. The van der Waals surface area contributed by atoms with Gasteiger partial charge in [-0.3, -0.25) is 9.69 Å². The predicted molar refractivity (Wildman–Crippen MR) is 144 cm³/mol. The Morgan fingerprint density at radius 1 is 1.22 bits per heavy atom. The zero-order valence-corrected chi connectivity index (χ0v) is 21.3. The van der Waals surface area contributed by atoms with Gasteiger partial charge in [0.1, 0.15) is 22.8 Å². The Labute approximate surface area is 219 Å². The number of hydrogen-bond acceptors (Lipinski definition) is 7. The summed E-state index contributed by atoms with van der Waals surface area (Å²) in [4.78, 5) is 26.4. The predicted octanol–water partition coefficient (Wildman–Crippen LogP) is 4.19. The summed E-state index contributed by atoms with van der Waals surface area (Å²) in [5.41, 5.74) is 4.04. The van der Waals surface area contributed by atoms with Crippen LogP contribution in [0.15, 0.2) is 54.7 Å². The summed E-state index contributed by atoms with van der Waals surface area (Å²) in [6.45, 7) is 2.64. The lowest BCUT2D eigenvalue weighted by atomic mass is 10.0. The molecule has 3 heterocycles. The number of H-pyrrole nitrogens is 1. The van der Waals surface area contributed by atoms with Crippen LogP contribution in [0.3, 0.4) is 0 Å². The standard InChI is InChI=1S/C27H29ClN6O3/c1-29-23(36)16-37-21-7-3-5-18(13-21)26-32-25-24(22(28)14-30-27(25)33-26)31-19-8-10-34(11-9-19)15-17-4-2-6-20(35)12-17/h2-7,12-14,19,35H,8-11,15-16H2,1H3,(H,29,36)(H2,30,31,32,33). The van der Waals surface area contributed by atoms with Crippen molar-refractivity contribution in [3.8, 4) is 22.9 Å². The number of pyridine rings is 1. The van der Waals surface area contributed by atoms with Crippen molar-refractivity contribution in [3.63, 3.8) is 0 Å². The molecular weight excluding hydrogens is 492 g/mol. The van der Waals surface area contributed by atoms with Crippen LogP contribution in [-0.4, -0.2) is 63.7 Å². The molecule has 37 heavy (non-hydrogen) atoms. The highest BCUT2D eigenvalue weighted by Crippen LogP contribution is 2.33. The van der Waals surface area contributed by atoms with Crippen LogP contribution in [0.1, 0.15) is 18.4 Å². The zero-order valence-electron chi connectivity index (χ0n) is 20.5. The van der Waals surface area contributed by atoms with Gasteiger partial charge >= 0.3 is 0 Å². The van der Waals surface area contributed by atoms with Gasteiger partial charge < -0.3 is 25.5 Å². The van der Waals surface area contributed by atoms with E-state index in [0.717, 1.165) is 54.8 Å². The third-order valence-corrected chi connectivity index (χ3v) is 6.77. The van der Waals surface area contributed by atoms with Gasteiger partial charge in [-0.05, 0) is 42.7 Å². The maximum absolute atomic E-state index is 11.5. The summed E-state index contributed by atoms with van der Waals surface area (Å²) in [6.07, 6.45) is 3.55. The van der Waals surface area contributed by atoms with Crippen molar-refractivity contribution in [2.75, 3.05) is 32.1 Å². The van der Waals surface area contributed by atoms with Crippen LogP contribution in [-0.2, 0) is 11.3 Å². The fraction of sp³-hybridized carbons (Fsp3) is 0.296. The smallest absolute Gasteiger partial charge is 0.257 e. The fourth-order valence-electron chi connectivity index (χ4n) is 4.52. The lowest BCUT2D eigenvalue weighted by Crippen LogP contribution is -2.38. The number of piperidine rings is 1. The van der Waals surface area contributed by atoms with E-state index in [2.05, 4.69) is 30.5 Å². The van der Waals surface area contributed by atoms with Gasteiger partial charge in [-0.25, -0.2) is 9.97 Å². The van der Waals surface area contributed by atoms with Crippen LogP contribution in [0.4, 0.5) is 5.69 Å². The minimum Gasteiger partial charge on any atom is -0.508 e. The van der Waals surface area contributed by atoms with E-state index in [4.69, 9.17) is 16.3 Å². The number of rotatable bonds is 8. The molecule has 0 spiro atoms. The van der Waals surface area contributed by atoms with Crippen LogP contribution >= 0.6 is 11.6 Å². The molecule has 0 atom stereocenters. The van der Waals surface area contributed by atoms with Crippen molar-refractivity contribution >= 4 is 34.4 Å². The van der Waals surface area contributed by atoms with Crippen LogP contribution in [0.5, 0.6) is 11.5 Å². The maximum atomic E-state index is 11.5. The van der Waals surface area contributed by atoms with Crippen molar-refractivity contribution in [2.45, 2.75) is 25.4 Å². The number of carbonyl (C=O) groups is 1. The monoisotopic (exact) mass is 520 g/mol. The molecule has 0 radical (unpaired) electrons. The minimum absolute atomic E-state index is 0.0576. The number of imidazole rings is 1. The number of ether oxygens (including phenoxy) is 1. The van der Waals surface area contributed by atoms with Gasteiger partial charge in [0, 0.05) is 38.3 Å². The summed E-state index contributed by atoms with van der Waals surface area (Å²) in [5, 5.41) is 16.4. The van der Waals surface area contributed by atoms with Gasteiger partial charge in [0.2, 0.25) is 0 Å². The van der Waals surface area contributed by atoms with E-state index in [1.165, 1.54) is 0 Å². The number of amides is 1. The minimum atomic E-state index is -0.200. The van der Waals surface area contributed by atoms with Crippen molar-refractivity contribution in [1.29, 1.82) is 0 Å². The molecule has 1 aliphatic rings. The molecule has 4 aromatic rings. The van der Waals surface area contributed by atoms with Crippen molar-refractivity contribution in [2.24, 2.45) is 0 Å². The van der Waals surface area contributed by atoms with Gasteiger partial charge in [0.05, 0.1) is 16.9 Å². The van der Waals surface area contributed by atoms with E-state index in [0.29, 0.717) is 28.0 Å². The summed E-state index contributed by atoms with van der Waals surface area (Å²) in [5.74, 6) is 1.31. The number of fused-ring (bicyclic) bond motifs is 1. The molecule has 1 fully saturated rings. The number of likely N-dealkylation sites (tertiary alicyclic amines) is 1. The first-order valence-electron chi connectivity index (χ1n) is 12.2. The number of aromatic amines is 1. The second kappa shape index (κ2) is 11.1. The zero-order chi connectivity index (χ0) is 25.8. The number of anilines is 1. The van der Waals surface area contributed by atoms with Crippen LogP contribution in [0.2, 0.25) is 5.02 Å². The average Bonchev–Trinajstić information content (AvgIpc) is 3.35. The lowest BCUT2D eigenvalue weighted by Gasteiger charge is -2.33. The van der Waals surface area contributed by atoms with Crippen LogP contribution in [0, 0.1) is 0 Å². The Hall–Kier alpha value is -3.82. The number of nitrogens with zero attached hydrogens (tertiary/aromatic N) is 3. The SMILES string of the molecule is CNC(=O)COc1cccc(-c2nc3ncc(Cl)c(NC4CCN(Cc5cccc(O)c5)CC4)c3[nH]2)c1. The number of hydrogen-bond donors (Lipinski definition) is 4. The molecule has 1 saturated heterocycles. The molecule has 1 aliphatic heterocycles. The third-order valence-electron chi connectivity index (χ3n) is 6.48. The molecule has 2 aromatic heterocycles. The Bertz CT molecular complexity index is 1400. The Morgan fingerprint density at radius 3 is 2.81 bits per heavy atom. The third kappa shape index (κ3) is 5.95. The molecule has 0 saturated carbocycles. The molecule has 0 aliphatic carbocycles. The summed E-state index contributed by atoms with van der Waals surface area (Å²) >= 11 is 6.57. The van der Waals surface area contributed by atoms with E-state index in [1.54, 1.807) is 25.4 Å². The number of aromatic hydroxyl groups is 1. The molecule has 9 nitrogen and oxygen atoms in total. The first-order valence-corrected chi connectivity index (χ1v) is 12.6. The molecule has 2 aromatic carbocycles. The van der Waals surface area contributed by atoms with Crippen molar-refractivity contribution in [1.82, 2.24) is 25.2 Å². The molecule has 0 bridgehead atoms. The number of likely N-dealkylation sites (N-methyl/N-ethyl adjacent to an activating group) is 1. The summed E-state index contributed by atoms with van der Waals surface area (Å²) in [7, 11) is 1.57. The fourth-order valence-corrected chi connectivity index (χ4v) is 4.72. The lowest BCUT2D eigenvalue weighted by molar-refractivity contribution is -0.122. The highest BCUT2D eigenvalue weighted by atomic mass is 35.5. The molecule has 0 unspecified atom stereocenters. The Balaban J connectivity index is 1.28. The van der Waals surface area contributed by atoms with E-state index >= 15 is 0 Å². The van der Waals surface area contributed by atoms with Gasteiger partial charge in [-0.1, -0.05) is 35.9 Å². The van der Waals surface area contributed by atoms with Gasteiger partial charge in [0.25, 0.3) is 5.91 Å². The molecule has 192 valence electrons. The number of nitrogens with one attached hydrogen (secondary N) is 3. The maximum Gasteiger partial charge on any atom is 0.257 e. The van der Waals surface area contributed by atoms with Crippen LogP contribution < -0.4 is 15.4 Å². The number of aromatic nitrogens is 3. The second-order valence-electron chi connectivity index (χ2n) is 9.12. The van der Waals surface area contributed by atoms with E-state index in [1.807, 2.05) is 36.4 Å². The highest BCUT2D eigenvalue weighted by Gasteiger charge is 2.22. The molecule has 5 rings (SSSR count). The molecule has 10 heteroatoms. The van der Waals surface area contributed by atoms with Gasteiger partial charge in [-0.15, -0.1) is 0 Å². The first-order chi connectivity index (χ1) is 18.0. The number of halogens is 1. The van der Waals surface area contributed by atoms with Gasteiger partial charge in [-0.2, -0.15) is 0 Å². The van der Waals surface area contributed by atoms with Crippen LogP contribution in [0.25, 0.3) is 22.6 Å². The number of benzene rings is 2. The van der Waals surface area contributed by atoms with Crippen molar-refractivity contribution in [3.05, 3.63) is 65.3 Å². The number of phenolic OH excluding ortho intramolecular Hbond substituents is 1.